The Morgan fingerprint density at radius 1 is 0.660 bits per heavy atom. The highest BCUT2D eigenvalue weighted by molar-refractivity contribution is 6.31. The molecule has 0 saturated carbocycles. The third-order valence-corrected chi connectivity index (χ3v) is 18.8. The van der Waals surface area contributed by atoms with Crippen LogP contribution in [0.3, 0.4) is 0 Å². The van der Waals surface area contributed by atoms with E-state index in [0.29, 0.717) is 108 Å². The van der Waals surface area contributed by atoms with Crippen molar-refractivity contribution in [2.75, 3.05) is 26.9 Å². The summed E-state index contributed by atoms with van der Waals surface area (Å²) in [6.45, 7) is 0.154. The van der Waals surface area contributed by atoms with Crippen molar-refractivity contribution in [1.29, 1.82) is 0 Å². The van der Waals surface area contributed by atoms with Crippen LogP contribution in [0, 0.1) is 0 Å². The Hall–Kier alpha value is -11.2. The van der Waals surface area contributed by atoms with Crippen LogP contribution < -0.4 is 15.2 Å². The number of rotatable bonds is 16. The number of ether oxygens (including phenoxy) is 4. The number of carbonyl (C=O) groups excluding carboxylic acids is 4. The molecular weight excluding hydrogens is 1240 g/mol. The molecule has 11 N–H and O–H groups in total. The largest absolute Gasteiger partial charge is 0.508 e. The summed E-state index contributed by atoms with van der Waals surface area (Å²) in [7, 11) is 1.30. The Morgan fingerprint density at radius 2 is 1.20 bits per heavy atom. The Kier molecular flexibility index (Phi) is 16.2. The summed E-state index contributed by atoms with van der Waals surface area (Å²) in [6, 6.07) is 39.1. The lowest BCUT2D eigenvalue weighted by Crippen LogP contribution is -2.64. The number of benzene rings is 6. The van der Waals surface area contributed by atoms with Gasteiger partial charge in [-0.1, -0.05) is 60.7 Å². The second-order valence-electron chi connectivity index (χ2n) is 24.8. The molecule has 97 heavy (non-hydrogen) atoms. The third kappa shape index (κ3) is 10.9. The number of nitrogens with zero attached hydrogens (tertiary/aromatic N) is 3. The van der Waals surface area contributed by atoms with Gasteiger partial charge in [0.2, 0.25) is 11.7 Å². The molecule has 3 aliphatic heterocycles. The van der Waals surface area contributed by atoms with Gasteiger partial charge in [0.25, 0.3) is 0 Å². The number of aliphatic hydroxyl groups is 3. The molecule has 1 amide bonds. The van der Waals surface area contributed by atoms with Crippen molar-refractivity contribution < 1.29 is 79.0 Å². The maximum absolute atomic E-state index is 14.8. The normalized spacial score (nSPS) is 19.3. The number of phenols is 5. The molecule has 21 nitrogen and oxygen atoms in total. The summed E-state index contributed by atoms with van der Waals surface area (Å²) < 4.78 is 27.5. The van der Waals surface area contributed by atoms with E-state index in [1.165, 1.54) is 32.2 Å². The van der Waals surface area contributed by atoms with Crippen LogP contribution in [0.2, 0.25) is 0 Å². The molecule has 9 aromatic rings. The first-order valence-electron chi connectivity index (χ1n) is 31.6. The maximum atomic E-state index is 14.8. The number of ketones is 3. The molecule has 6 heterocycles. The van der Waals surface area contributed by atoms with Crippen LogP contribution in [0.15, 0.2) is 140 Å². The van der Waals surface area contributed by atoms with Gasteiger partial charge in [0.1, 0.15) is 58.6 Å². The second kappa shape index (κ2) is 24.9. The first kappa shape index (κ1) is 63.2. The minimum atomic E-state index is -2.95. The zero-order chi connectivity index (χ0) is 67.8. The van der Waals surface area contributed by atoms with Gasteiger partial charge in [0, 0.05) is 75.3 Å². The highest BCUT2D eigenvalue weighted by atomic mass is 16.7. The fraction of sp³-hybridized carbons (Fsp3) is 0.211. The molecule has 0 spiro atoms. The number of aromatic hydroxyl groups is 5. The lowest BCUT2D eigenvalue weighted by Gasteiger charge is -2.50. The number of Topliss-reactive ketones (excluding diaryl/α,β-unsaturated/α-hetero) is 1. The first-order valence-corrected chi connectivity index (χ1v) is 31.6. The molecule has 6 aromatic carbocycles. The standard InChI is InChI=1S/C76H65N5O16/c1-75(69-49(37-76(93,74(75)92)59(86)38-82)71(89)67-68(73(69)91)72(90)66-48(70(67)88)18-9-19-58(66)94-2)97-61-36-43(29-31-96-61)81-56-27-28-57(81)65(42-13-8-17-47(35-42)95-30-4-3-20-60(77)87)55-26-24-53(80-55)63(40-11-6-15-45(84)33-40)51-22-21-50(78-51)62(39-10-5-14-44(83)32-39)52-23-25-54(79-52)64(56)41-12-7-16-46(85)34-41/h5-19,21-28,32-35,43,61,74,78,82-85,89,91-93H,3-4,20,29-31,36-38H2,1-2H3,(H2,77,87)/t43?,61?,74?,75-,76+/m0/s1. The molecule has 14 rings (SSSR count). The maximum Gasteiger partial charge on any atom is 0.217 e. The van der Waals surface area contributed by atoms with Crippen LogP contribution in [0.5, 0.6) is 40.2 Å². The van der Waals surface area contributed by atoms with E-state index in [2.05, 4.69) is 9.55 Å². The van der Waals surface area contributed by atoms with E-state index in [0.717, 1.165) is 0 Å². The molecule has 21 heteroatoms. The number of hydrogen-bond acceptors (Lipinski definition) is 18. The minimum absolute atomic E-state index is 0.00390. The van der Waals surface area contributed by atoms with E-state index in [-0.39, 0.29) is 66.6 Å². The van der Waals surface area contributed by atoms with Crippen molar-refractivity contribution in [2.45, 2.75) is 75.1 Å². The Morgan fingerprint density at radius 3 is 1.75 bits per heavy atom. The molecule has 2 aliphatic carbocycles. The highest BCUT2D eigenvalue weighted by Crippen LogP contribution is 2.56. The van der Waals surface area contributed by atoms with Crippen LogP contribution >= 0.6 is 0 Å². The van der Waals surface area contributed by atoms with Gasteiger partial charge < -0.3 is 75.1 Å². The molecule has 3 unspecified atom stereocenters. The number of amides is 1. The SMILES string of the molecule is COc1cccc2c1C(=O)c1c(O)c3c(c(O)c1C2=O)C[C@@](O)(C(=O)CO)C(O)[C@@]3(C)OC1CC(n2c3ccc2c(-c2cccc(OCCCCC(N)=O)c2)c2nc(c(-c4cccc(O)c4)c4ccc([nH]4)c(-c4cccc(O)c4)c4nc(c3-c3cccc(O)c3)C=C4)C=C2)CCO1. The molecule has 1 saturated heterocycles. The number of fused-ring (bicyclic) bond motifs is 11. The smallest absolute Gasteiger partial charge is 0.217 e. The molecule has 0 radical (unpaired) electrons. The van der Waals surface area contributed by atoms with E-state index in [1.54, 1.807) is 54.6 Å². The predicted octanol–water partition coefficient (Wildman–Crippen LogP) is 11.0. The van der Waals surface area contributed by atoms with Crippen LogP contribution in [0.1, 0.15) is 111 Å². The third-order valence-electron chi connectivity index (χ3n) is 18.8. The van der Waals surface area contributed by atoms with Crippen molar-refractivity contribution >= 4 is 69.6 Å². The van der Waals surface area contributed by atoms with Gasteiger partial charge in [-0.05, 0) is 152 Å². The van der Waals surface area contributed by atoms with E-state index in [4.69, 9.17) is 34.6 Å². The van der Waals surface area contributed by atoms with Crippen molar-refractivity contribution in [3.8, 4) is 84.8 Å². The number of primary amides is 1. The van der Waals surface area contributed by atoms with E-state index < -0.39 is 99.7 Å². The number of nitrogens with one attached hydrogen (secondary N) is 1. The summed E-state index contributed by atoms with van der Waals surface area (Å²) in [6.07, 6.45) is 4.10. The van der Waals surface area contributed by atoms with Gasteiger partial charge >= 0.3 is 0 Å². The number of nitrogens with two attached hydrogens (primary N) is 1. The number of aliphatic hydroxyl groups excluding tert-OH is 2. The zero-order valence-electron chi connectivity index (χ0n) is 52.4. The fourth-order valence-corrected chi connectivity index (χ4v) is 14.4. The van der Waals surface area contributed by atoms with Crippen molar-refractivity contribution in [1.82, 2.24) is 19.5 Å². The summed E-state index contributed by atoms with van der Waals surface area (Å²) in [5.74, 6) is -4.82. The number of carbonyl (C=O) groups is 4. The van der Waals surface area contributed by atoms with Gasteiger partial charge in [-0.15, -0.1) is 0 Å². The zero-order valence-corrected chi connectivity index (χ0v) is 52.4. The molecule has 3 aromatic heterocycles. The monoisotopic (exact) mass is 1300 g/mol. The van der Waals surface area contributed by atoms with Gasteiger partial charge in [-0.2, -0.15) is 0 Å². The Labute approximate surface area is 553 Å². The van der Waals surface area contributed by atoms with Crippen molar-refractivity contribution in [2.24, 2.45) is 5.73 Å². The Bertz CT molecular complexity index is 5050. The molecule has 490 valence electrons. The minimum Gasteiger partial charge on any atom is -0.508 e. The lowest BCUT2D eigenvalue weighted by atomic mass is 9.65. The van der Waals surface area contributed by atoms with Crippen molar-refractivity contribution in [3.05, 3.63) is 196 Å². The van der Waals surface area contributed by atoms with Crippen LogP contribution in [-0.2, 0) is 31.1 Å². The molecule has 5 aliphatic rings. The van der Waals surface area contributed by atoms with Gasteiger partial charge in [-0.3, -0.25) is 19.2 Å². The number of aromatic nitrogens is 4. The van der Waals surface area contributed by atoms with E-state index in [1.807, 2.05) is 91.0 Å². The quantitative estimate of drug-likeness (QED) is 0.0317. The van der Waals surface area contributed by atoms with Crippen LogP contribution in [0.25, 0.3) is 90.9 Å². The molecular formula is C76H65N5O16. The summed E-state index contributed by atoms with van der Waals surface area (Å²) >= 11 is 0. The summed E-state index contributed by atoms with van der Waals surface area (Å²) in [4.78, 5) is 69.5. The Balaban J connectivity index is 1.03. The number of aromatic amines is 1. The van der Waals surface area contributed by atoms with Crippen LogP contribution in [0.4, 0.5) is 0 Å². The van der Waals surface area contributed by atoms with Crippen LogP contribution in [-0.4, -0.2) is 129 Å². The van der Waals surface area contributed by atoms with Crippen molar-refractivity contribution in [3.63, 3.8) is 0 Å². The molecule has 8 bridgehead atoms. The molecule has 5 atom stereocenters. The number of H-pyrrole nitrogens is 1. The highest BCUT2D eigenvalue weighted by Gasteiger charge is 2.61. The second-order valence-corrected chi connectivity index (χ2v) is 24.8. The topological polar surface area (TPSA) is 340 Å². The van der Waals surface area contributed by atoms with Gasteiger partial charge in [-0.25, -0.2) is 9.97 Å². The van der Waals surface area contributed by atoms with E-state index in [9.17, 15) is 60.0 Å². The number of methoxy groups -OCH3 is 1. The fourth-order valence-electron chi connectivity index (χ4n) is 14.4. The lowest BCUT2D eigenvalue weighted by molar-refractivity contribution is -0.279. The number of unbranched alkanes of at least 4 members (excludes halogenated alkanes) is 1. The van der Waals surface area contributed by atoms with Gasteiger partial charge in [0.15, 0.2) is 23.5 Å². The average molecular weight is 1300 g/mol. The average Bonchev–Trinajstić information content (AvgIpc) is 1.32. The predicted molar refractivity (Wildman–Crippen MR) is 361 cm³/mol. The number of hydrogen-bond donors (Lipinski definition) is 10. The number of phenolic OH excluding ortho intramolecular Hbond substituents is 5. The summed E-state index contributed by atoms with van der Waals surface area (Å²) in [5.41, 5.74) is 6.57. The van der Waals surface area contributed by atoms with Gasteiger partial charge in [0.05, 0.1) is 70.8 Å². The molecule has 1 fully saturated rings. The summed E-state index contributed by atoms with van der Waals surface area (Å²) in [5, 5.41) is 94.2. The first-order chi connectivity index (χ1) is 46.8. The van der Waals surface area contributed by atoms with E-state index >= 15 is 0 Å².